The Labute approximate surface area is 179 Å². The minimum atomic E-state index is -3.89. The van der Waals surface area contributed by atoms with E-state index < -0.39 is 15.8 Å². The van der Waals surface area contributed by atoms with Crippen LogP contribution in [0.3, 0.4) is 0 Å². The van der Waals surface area contributed by atoms with Crippen molar-refractivity contribution < 1.29 is 17.5 Å². The van der Waals surface area contributed by atoms with Gasteiger partial charge >= 0.3 is 0 Å². The summed E-state index contributed by atoms with van der Waals surface area (Å²) in [4.78, 5) is -0.146. The van der Waals surface area contributed by atoms with Gasteiger partial charge in [-0.05, 0) is 36.6 Å². The van der Waals surface area contributed by atoms with Gasteiger partial charge in [-0.25, -0.2) is 12.8 Å². The van der Waals surface area contributed by atoms with E-state index in [1.807, 2.05) is 30.3 Å². The van der Waals surface area contributed by atoms with E-state index in [-0.39, 0.29) is 16.6 Å². The van der Waals surface area contributed by atoms with E-state index >= 15 is 0 Å². The lowest BCUT2D eigenvalue weighted by molar-refractivity contribution is 0.312. The third-order valence-electron chi connectivity index (χ3n) is 5.16. The maximum atomic E-state index is 13.7. The number of nitrogens with zero attached hydrogens (tertiary/aromatic N) is 3. The average Bonchev–Trinajstić information content (AvgIpc) is 3.23. The number of hydrogen-bond donors (Lipinski definition) is 0. The van der Waals surface area contributed by atoms with E-state index in [1.165, 1.54) is 34.9 Å². The van der Waals surface area contributed by atoms with Crippen LogP contribution in [0.25, 0.3) is 0 Å². The van der Waals surface area contributed by atoms with Gasteiger partial charge in [-0.3, -0.25) is 0 Å². The number of ether oxygens (including phenoxy) is 1. The summed E-state index contributed by atoms with van der Waals surface area (Å²) in [5.74, 6) is -0.507. The summed E-state index contributed by atoms with van der Waals surface area (Å²) < 4.78 is 46.7. The molecule has 4 rings (SSSR count). The summed E-state index contributed by atoms with van der Waals surface area (Å²) >= 11 is 1.52. The van der Waals surface area contributed by atoms with Gasteiger partial charge < -0.3 is 4.74 Å². The van der Waals surface area contributed by atoms with Gasteiger partial charge in [-0.2, -0.15) is 4.31 Å². The maximum Gasteiger partial charge on any atom is 0.246 e. The molecule has 2 aromatic carbocycles. The molecule has 0 saturated carbocycles. The number of sulfonamides is 1. The summed E-state index contributed by atoms with van der Waals surface area (Å²) in [6.45, 7) is 0.677. The Morgan fingerprint density at radius 2 is 2.00 bits per heavy atom. The molecule has 3 aromatic rings. The zero-order chi connectivity index (χ0) is 21.1. The molecule has 30 heavy (non-hydrogen) atoms. The van der Waals surface area contributed by atoms with Gasteiger partial charge in [0.05, 0.1) is 7.11 Å². The van der Waals surface area contributed by atoms with E-state index in [9.17, 15) is 12.8 Å². The first-order valence-corrected chi connectivity index (χ1v) is 11.9. The summed E-state index contributed by atoms with van der Waals surface area (Å²) in [6.07, 6.45) is 2.25. The van der Waals surface area contributed by atoms with Crippen molar-refractivity contribution in [2.24, 2.45) is 0 Å². The van der Waals surface area contributed by atoms with Crippen LogP contribution in [-0.4, -0.2) is 43.1 Å². The molecule has 1 aliphatic rings. The summed E-state index contributed by atoms with van der Waals surface area (Å²) in [5, 5.41) is 10.4. The maximum absolute atomic E-state index is 13.7. The molecular formula is C21H22FN3O3S2. The first-order valence-electron chi connectivity index (χ1n) is 9.67. The highest BCUT2D eigenvalue weighted by atomic mass is 32.2. The molecule has 158 valence electrons. The van der Waals surface area contributed by atoms with Gasteiger partial charge in [-0.15, -0.1) is 21.5 Å². The fourth-order valence-electron chi connectivity index (χ4n) is 3.63. The lowest BCUT2D eigenvalue weighted by Crippen LogP contribution is -2.39. The van der Waals surface area contributed by atoms with Crippen LogP contribution in [0.4, 0.5) is 4.39 Å². The number of hydrogen-bond acceptors (Lipinski definition) is 6. The monoisotopic (exact) mass is 447 g/mol. The molecule has 0 unspecified atom stereocenters. The van der Waals surface area contributed by atoms with Crippen LogP contribution in [0.2, 0.25) is 0 Å². The lowest BCUT2D eigenvalue weighted by Gasteiger charge is -2.31. The summed E-state index contributed by atoms with van der Waals surface area (Å²) in [6, 6.07) is 13.6. The van der Waals surface area contributed by atoms with Crippen LogP contribution in [0.15, 0.2) is 53.4 Å². The highest BCUT2D eigenvalue weighted by molar-refractivity contribution is 7.89. The highest BCUT2D eigenvalue weighted by Gasteiger charge is 2.34. The largest absolute Gasteiger partial charge is 0.495 e. The molecule has 0 aliphatic carbocycles. The second kappa shape index (κ2) is 8.79. The van der Waals surface area contributed by atoms with Crippen molar-refractivity contribution in [3.63, 3.8) is 0 Å². The summed E-state index contributed by atoms with van der Waals surface area (Å²) in [5.41, 5.74) is 1.16. The fraction of sp³-hybridized carbons (Fsp3) is 0.333. The van der Waals surface area contributed by atoms with Gasteiger partial charge in [-0.1, -0.05) is 30.3 Å². The number of aromatic nitrogens is 2. The highest BCUT2D eigenvalue weighted by Crippen LogP contribution is 2.34. The topological polar surface area (TPSA) is 72.4 Å². The van der Waals surface area contributed by atoms with E-state index in [0.29, 0.717) is 25.9 Å². The Kier molecular flexibility index (Phi) is 6.12. The molecule has 9 heteroatoms. The smallest absolute Gasteiger partial charge is 0.246 e. The van der Waals surface area contributed by atoms with E-state index in [1.54, 1.807) is 0 Å². The quantitative estimate of drug-likeness (QED) is 0.574. The predicted octanol–water partition coefficient (Wildman–Crippen LogP) is 3.84. The molecule has 1 fully saturated rings. The molecule has 1 atom stereocenters. The molecule has 1 aliphatic heterocycles. The van der Waals surface area contributed by atoms with E-state index in [2.05, 4.69) is 10.2 Å². The zero-order valence-electron chi connectivity index (χ0n) is 16.5. The third kappa shape index (κ3) is 4.38. The molecular weight excluding hydrogens is 425 g/mol. The predicted molar refractivity (Wildman–Crippen MR) is 113 cm³/mol. The SMILES string of the molecule is COc1ccc(F)cc1S(=O)(=O)N1CCC[C@@H](c2nnc(Cc3ccccc3)s2)C1. The lowest BCUT2D eigenvalue weighted by atomic mass is 10.0. The second-order valence-electron chi connectivity index (χ2n) is 7.19. The van der Waals surface area contributed by atoms with Crippen molar-refractivity contribution >= 4 is 21.4 Å². The Morgan fingerprint density at radius 1 is 1.20 bits per heavy atom. The van der Waals surface area contributed by atoms with E-state index in [0.717, 1.165) is 28.1 Å². The fourth-order valence-corrected chi connectivity index (χ4v) is 6.32. The van der Waals surface area contributed by atoms with Crippen molar-refractivity contribution in [2.45, 2.75) is 30.1 Å². The number of halogens is 1. The summed E-state index contributed by atoms with van der Waals surface area (Å²) in [7, 11) is -2.51. The molecule has 1 aromatic heterocycles. The zero-order valence-corrected chi connectivity index (χ0v) is 18.1. The first kappa shape index (κ1) is 20.9. The van der Waals surface area contributed by atoms with Crippen LogP contribution in [0.5, 0.6) is 5.75 Å². The van der Waals surface area contributed by atoms with Crippen molar-refractivity contribution in [1.29, 1.82) is 0 Å². The standard InChI is InChI=1S/C21H22FN3O3S2/c1-28-18-10-9-17(22)13-19(18)30(26,27)25-11-5-8-16(14-25)21-24-23-20(29-21)12-15-6-3-2-4-7-15/h2-4,6-7,9-10,13,16H,5,8,11-12,14H2,1H3/t16-/m1/s1. The molecule has 0 spiro atoms. The Balaban J connectivity index is 1.53. The minimum Gasteiger partial charge on any atom is -0.495 e. The minimum absolute atomic E-state index is 0.0323. The molecule has 1 saturated heterocycles. The van der Waals surface area contributed by atoms with Crippen LogP contribution < -0.4 is 4.74 Å². The van der Waals surface area contributed by atoms with Gasteiger partial charge in [0.1, 0.15) is 26.5 Å². The molecule has 0 radical (unpaired) electrons. The number of methoxy groups -OCH3 is 1. The first-order chi connectivity index (χ1) is 14.5. The molecule has 0 bridgehead atoms. The second-order valence-corrected chi connectivity index (χ2v) is 10.2. The van der Waals surface area contributed by atoms with Gasteiger partial charge in [0.2, 0.25) is 10.0 Å². The van der Waals surface area contributed by atoms with Gasteiger partial charge in [0.25, 0.3) is 0 Å². The number of piperidine rings is 1. The molecule has 6 nitrogen and oxygen atoms in total. The number of benzene rings is 2. The van der Waals surface area contributed by atoms with Crippen LogP contribution >= 0.6 is 11.3 Å². The van der Waals surface area contributed by atoms with Crippen molar-refractivity contribution in [1.82, 2.24) is 14.5 Å². The van der Waals surface area contributed by atoms with Crippen molar-refractivity contribution in [3.05, 3.63) is 69.9 Å². The normalized spacial score (nSPS) is 17.7. The van der Waals surface area contributed by atoms with Crippen molar-refractivity contribution in [3.8, 4) is 5.75 Å². The van der Waals surface area contributed by atoms with Crippen LogP contribution in [0.1, 0.15) is 34.3 Å². The molecule has 2 heterocycles. The average molecular weight is 448 g/mol. The Bertz CT molecular complexity index is 1120. The Morgan fingerprint density at radius 3 is 2.77 bits per heavy atom. The number of rotatable bonds is 6. The van der Waals surface area contributed by atoms with Crippen molar-refractivity contribution in [2.75, 3.05) is 20.2 Å². The van der Waals surface area contributed by atoms with Gasteiger partial charge in [0, 0.05) is 25.4 Å². The van der Waals surface area contributed by atoms with Crippen LogP contribution in [0, 0.1) is 5.82 Å². The third-order valence-corrected chi connectivity index (χ3v) is 8.13. The van der Waals surface area contributed by atoms with Crippen LogP contribution in [-0.2, 0) is 16.4 Å². The molecule has 0 amide bonds. The van der Waals surface area contributed by atoms with E-state index in [4.69, 9.17) is 4.74 Å². The Hall–Kier alpha value is -2.36. The van der Waals surface area contributed by atoms with Gasteiger partial charge in [0.15, 0.2) is 0 Å². The molecule has 0 N–H and O–H groups in total.